The van der Waals surface area contributed by atoms with Crippen LogP contribution in [-0.4, -0.2) is 41.0 Å². The van der Waals surface area contributed by atoms with Crippen molar-refractivity contribution in [1.29, 1.82) is 0 Å². The predicted molar refractivity (Wildman–Crippen MR) is 96.1 cm³/mol. The fraction of sp³-hybridized carbons (Fsp3) is 0.474. The molecule has 2 heterocycles. The van der Waals surface area contributed by atoms with Gasteiger partial charge in [0.05, 0.1) is 6.10 Å². The van der Waals surface area contributed by atoms with Crippen LogP contribution in [0.5, 0.6) is 0 Å². The van der Waals surface area contributed by atoms with Crippen LogP contribution in [0.15, 0.2) is 36.5 Å². The molecular formula is C19H26N4O. The Hall–Kier alpha value is -1.98. The lowest BCUT2D eigenvalue weighted by molar-refractivity contribution is 0.168. The second-order valence-corrected chi connectivity index (χ2v) is 6.63. The smallest absolute Gasteiger partial charge is 0.151 e. The Morgan fingerprint density at radius 2 is 2.17 bits per heavy atom. The number of anilines is 1. The van der Waals surface area contributed by atoms with E-state index in [2.05, 4.69) is 46.4 Å². The minimum atomic E-state index is -0.476. The van der Waals surface area contributed by atoms with Gasteiger partial charge in [0.25, 0.3) is 0 Å². The normalized spacial score (nSPS) is 19.3. The molecule has 5 heteroatoms. The first-order valence-electron chi connectivity index (χ1n) is 8.65. The van der Waals surface area contributed by atoms with E-state index in [1.54, 1.807) is 6.20 Å². The van der Waals surface area contributed by atoms with Gasteiger partial charge >= 0.3 is 0 Å². The number of aliphatic hydroxyl groups is 1. The lowest BCUT2D eigenvalue weighted by atomic mass is 10.0. The van der Waals surface area contributed by atoms with Gasteiger partial charge in [0.2, 0.25) is 0 Å². The molecule has 0 amide bonds. The van der Waals surface area contributed by atoms with E-state index < -0.39 is 6.10 Å². The summed E-state index contributed by atoms with van der Waals surface area (Å²) in [5.74, 6) is 0.929. The molecule has 1 aliphatic rings. The number of aromatic nitrogens is 2. The van der Waals surface area contributed by atoms with Crippen molar-refractivity contribution in [3.8, 4) is 0 Å². The van der Waals surface area contributed by atoms with Crippen LogP contribution in [-0.2, 0) is 0 Å². The molecule has 1 aliphatic heterocycles. The Kier molecular flexibility index (Phi) is 5.43. The highest BCUT2D eigenvalue weighted by atomic mass is 16.3. The average molecular weight is 326 g/mol. The monoisotopic (exact) mass is 326 g/mol. The number of rotatable bonds is 5. The van der Waals surface area contributed by atoms with Crippen molar-refractivity contribution in [2.24, 2.45) is 0 Å². The third-order valence-corrected chi connectivity index (χ3v) is 4.82. The molecule has 2 N–H and O–H groups in total. The summed E-state index contributed by atoms with van der Waals surface area (Å²) in [7, 11) is 0. The Bertz CT molecular complexity index is 662. The largest absolute Gasteiger partial charge is 0.387 e. The Balaban J connectivity index is 1.55. The van der Waals surface area contributed by atoms with Crippen LogP contribution in [0.2, 0.25) is 0 Å². The highest BCUT2D eigenvalue weighted by Crippen LogP contribution is 2.19. The quantitative estimate of drug-likeness (QED) is 0.883. The van der Waals surface area contributed by atoms with Gasteiger partial charge in [-0.25, -0.2) is 0 Å². The van der Waals surface area contributed by atoms with E-state index in [9.17, 15) is 5.11 Å². The zero-order chi connectivity index (χ0) is 16.9. The van der Waals surface area contributed by atoms with Crippen LogP contribution < -0.4 is 10.2 Å². The van der Waals surface area contributed by atoms with Crippen molar-refractivity contribution in [3.05, 3.63) is 53.2 Å². The number of nitrogens with zero attached hydrogens (tertiary/aromatic N) is 3. The number of nitrogens with one attached hydrogen (secondary N) is 1. The molecule has 0 unspecified atom stereocenters. The molecular weight excluding hydrogens is 300 g/mol. The van der Waals surface area contributed by atoms with E-state index in [1.165, 1.54) is 11.1 Å². The number of aryl methyl sites for hydroxylation is 2. The fourth-order valence-corrected chi connectivity index (χ4v) is 3.18. The van der Waals surface area contributed by atoms with Gasteiger partial charge in [0.1, 0.15) is 0 Å². The SMILES string of the molecule is Cc1ccc([C@H](O)CN[C@H]2CCCN(c3cccnn3)C2)cc1C. The van der Waals surface area contributed by atoms with Crippen LogP contribution in [0.3, 0.4) is 0 Å². The van der Waals surface area contributed by atoms with Gasteiger partial charge in [-0.2, -0.15) is 5.10 Å². The Morgan fingerprint density at radius 3 is 2.92 bits per heavy atom. The second kappa shape index (κ2) is 7.73. The molecule has 24 heavy (non-hydrogen) atoms. The predicted octanol–water partition coefficient (Wildman–Crippen LogP) is 2.39. The van der Waals surface area contributed by atoms with E-state index >= 15 is 0 Å². The molecule has 2 atom stereocenters. The highest BCUT2D eigenvalue weighted by molar-refractivity contribution is 5.37. The molecule has 0 saturated carbocycles. The Labute approximate surface area is 143 Å². The second-order valence-electron chi connectivity index (χ2n) is 6.63. The summed E-state index contributed by atoms with van der Waals surface area (Å²) >= 11 is 0. The van der Waals surface area contributed by atoms with E-state index in [-0.39, 0.29) is 0 Å². The van der Waals surface area contributed by atoms with Gasteiger partial charge in [0, 0.05) is 31.9 Å². The molecule has 0 spiro atoms. The fourth-order valence-electron chi connectivity index (χ4n) is 3.18. The third kappa shape index (κ3) is 4.10. The minimum Gasteiger partial charge on any atom is -0.387 e. The number of hydrogen-bond acceptors (Lipinski definition) is 5. The summed E-state index contributed by atoms with van der Waals surface area (Å²) < 4.78 is 0. The minimum absolute atomic E-state index is 0.363. The topological polar surface area (TPSA) is 61.3 Å². The Morgan fingerprint density at radius 1 is 1.29 bits per heavy atom. The van der Waals surface area contributed by atoms with Crippen molar-refractivity contribution >= 4 is 5.82 Å². The van der Waals surface area contributed by atoms with Crippen LogP contribution >= 0.6 is 0 Å². The van der Waals surface area contributed by atoms with E-state index in [0.717, 1.165) is 37.3 Å². The summed E-state index contributed by atoms with van der Waals surface area (Å²) in [5, 5.41) is 22.1. The van der Waals surface area contributed by atoms with Crippen molar-refractivity contribution in [1.82, 2.24) is 15.5 Å². The maximum atomic E-state index is 10.5. The van der Waals surface area contributed by atoms with Gasteiger partial charge in [0.15, 0.2) is 5.82 Å². The number of aliphatic hydroxyl groups excluding tert-OH is 1. The molecule has 0 radical (unpaired) electrons. The van der Waals surface area contributed by atoms with Crippen molar-refractivity contribution in [2.45, 2.75) is 38.8 Å². The molecule has 128 valence electrons. The summed E-state index contributed by atoms with van der Waals surface area (Å²) in [6.45, 7) is 6.65. The maximum Gasteiger partial charge on any atom is 0.151 e. The average Bonchev–Trinajstić information content (AvgIpc) is 2.63. The first-order chi connectivity index (χ1) is 11.6. The first kappa shape index (κ1) is 16.9. The van der Waals surface area contributed by atoms with Crippen LogP contribution in [0.25, 0.3) is 0 Å². The zero-order valence-electron chi connectivity index (χ0n) is 14.4. The molecule has 2 aromatic rings. The van der Waals surface area contributed by atoms with E-state index in [1.807, 2.05) is 18.2 Å². The molecule has 1 fully saturated rings. The molecule has 0 bridgehead atoms. The molecule has 0 aliphatic carbocycles. The van der Waals surface area contributed by atoms with Crippen LogP contribution in [0.1, 0.15) is 35.6 Å². The zero-order valence-corrected chi connectivity index (χ0v) is 14.4. The number of piperidine rings is 1. The molecule has 5 nitrogen and oxygen atoms in total. The van der Waals surface area contributed by atoms with Crippen LogP contribution in [0, 0.1) is 13.8 Å². The van der Waals surface area contributed by atoms with Gasteiger partial charge in [-0.1, -0.05) is 18.2 Å². The lowest BCUT2D eigenvalue weighted by Crippen LogP contribution is -2.47. The van der Waals surface area contributed by atoms with Gasteiger partial charge in [-0.05, 0) is 55.5 Å². The summed E-state index contributed by atoms with van der Waals surface area (Å²) in [6.07, 6.45) is 3.46. The first-order valence-corrected chi connectivity index (χ1v) is 8.65. The highest BCUT2D eigenvalue weighted by Gasteiger charge is 2.21. The molecule has 1 saturated heterocycles. The maximum absolute atomic E-state index is 10.5. The summed E-state index contributed by atoms with van der Waals surface area (Å²) in [4.78, 5) is 2.26. The van der Waals surface area contributed by atoms with Gasteiger partial charge in [-0.3, -0.25) is 0 Å². The van der Waals surface area contributed by atoms with Crippen LogP contribution in [0.4, 0.5) is 5.82 Å². The number of hydrogen-bond donors (Lipinski definition) is 2. The third-order valence-electron chi connectivity index (χ3n) is 4.82. The summed E-state index contributed by atoms with van der Waals surface area (Å²) in [5.41, 5.74) is 3.45. The van der Waals surface area contributed by atoms with Crippen molar-refractivity contribution in [2.75, 3.05) is 24.5 Å². The summed E-state index contributed by atoms with van der Waals surface area (Å²) in [6, 6.07) is 10.4. The van der Waals surface area contributed by atoms with E-state index in [0.29, 0.717) is 12.6 Å². The van der Waals surface area contributed by atoms with Gasteiger partial charge < -0.3 is 15.3 Å². The molecule has 1 aromatic heterocycles. The van der Waals surface area contributed by atoms with Gasteiger partial charge in [-0.15, -0.1) is 5.10 Å². The van der Waals surface area contributed by atoms with Crippen molar-refractivity contribution in [3.63, 3.8) is 0 Å². The molecule has 1 aromatic carbocycles. The van der Waals surface area contributed by atoms with E-state index in [4.69, 9.17) is 0 Å². The molecule has 3 rings (SSSR count). The lowest BCUT2D eigenvalue weighted by Gasteiger charge is -2.34. The number of benzene rings is 1. The van der Waals surface area contributed by atoms with Crippen molar-refractivity contribution < 1.29 is 5.11 Å². The standard InChI is InChI=1S/C19H26N4O/c1-14-7-8-16(11-15(14)2)18(24)12-20-17-5-4-10-23(13-17)19-6-3-9-21-22-19/h3,6-9,11,17-18,20,24H,4-5,10,12-13H2,1-2H3/t17-,18+/m0/s1.